The Kier molecular flexibility index (Phi) is 5.52. The van der Waals surface area contributed by atoms with Crippen LogP contribution < -0.4 is 0 Å². The SMILES string of the molecule is C[Si](C)(C)OC/C(=N/O[Si](C)(C)C)c1ccccc1. The first-order chi connectivity index (χ1) is 8.67. The molecule has 19 heavy (non-hydrogen) atoms. The van der Waals surface area contributed by atoms with Crippen LogP contribution in [-0.4, -0.2) is 29.0 Å². The van der Waals surface area contributed by atoms with Crippen molar-refractivity contribution >= 4 is 22.3 Å². The summed E-state index contributed by atoms with van der Waals surface area (Å²) < 4.78 is 11.6. The lowest BCUT2D eigenvalue weighted by molar-refractivity contribution is 0.321. The predicted octanol–water partition coefficient (Wildman–Crippen LogP) is 4.09. The molecule has 0 atom stereocenters. The highest BCUT2D eigenvalue weighted by Crippen LogP contribution is 2.10. The van der Waals surface area contributed by atoms with Crippen LogP contribution in [0.25, 0.3) is 0 Å². The van der Waals surface area contributed by atoms with E-state index in [9.17, 15) is 0 Å². The fraction of sp³-hybridized carbons (Fsp3) is 0.500. The monoisotopic (exact) mass is 295 g/mol. The number of benzene rings is 1. The molecular formula is C14H25NO2Si2. The van der Waals surface area contributed by atoms with Gasteiger partial charge in [0.05, 0.1) is 6.61 Å². The zero-order valence-electron chi connectivity index (χ0n) is 12.9. The smallest absolute Gasteiger partial charge is 0.278 e. The number of rotatable bonds is 6. The van der Waals surface area contributed by atoms with Gasteiger partial charge in [-0.1, -0.05) is 30.3 Å². The summed E-state index contributed by atoms with van der Waals surface area (Å²) in [6.07, 6.45) is 0. The number of hydrogen-bond donors (Lipinski definition) is 0. The molecule has 1 aromatic carbocycles. The maximum Gasteiger partial charge on any atom is 0.278 e. The summed E-state index contributed by atoms with van der Waals surface area (Å²) in [5.74, 6) is 0. The Balaban J connectivity index is 2.86. The number of nitrogens with zero attached hydrogens (tertiary/aromatic N) is 1. The van der Waals surface area contributed by atoms with E-state index in [2.05, 4.69) is 44.4 Å². The van der Waals surface area contributed by atoms with Gasteiger partial charge in [0, 0.05) is 5.56 Å². The molecule has 5 heteroatoms. The largest absolute Gasteiger partial charge is 0.455 e. The van der Waals surface area contributed by atoms with E-state index in [0.29, 0.717) is 6.61 Å². The van der Waals surface area contributed by atoms with E-state index < -0.39 is 16.6 Å². The van der Waals surface area contributed by atoms with Crippen LogP contribution in [0, 0.1) is 0 Å². The van der Waals surface area contributed by atoms with Crippen LogP contribution in [0.5, 0.6) is 0 Å². The first kappa shape index (κ1) is 16.1. The Morgan fingerprint density at radius 3 is 2.00 bits per heavy atom. The highest BCUT2D eigenvalue weighted by atomic mass is 28.4. The Bertz CT molecular complexity index is 419. The molecule has 3 nitrogen and oxygen atoms in total. The standard InChI is InChI=1S/C14H25NO2Si2/c1-18(2,3)16-12-14(15-17-19(4,5)6)13-10-8-7-9-11-13/h7-11H,12H2,1-6H3/b15-14-. The van der Waals surface area contributed by atoms with Crippen molar-refractivity contribution in [2.75, 3.05) is 6.61 Å². The van der Waals surface area contributed by atoms with E-state index in [4.69, 9.17) is 8.95 Å². The summed E-state index contributed by atoms with van der Waals surface area (Å²) in [5.41, 5.74) is 1.95. The summed E-state index contributed by atoms with van der Waals surface area (Å²) in [6.45, 7) is 13.4. The van der Waals surface area contributed by atoms with Crippen molar-refractivity contribution in [2.45, 2.75) is 39.3 Å². The van der Waals surface area contributed by atoms with Gasteiger partial charge < -0.3 is 8.95 Å². The minimum Gasteiger partial charge on any atom is -0.455 e. The number of hydrogen-bond acceptors (Lipinski definition) is 3. The first-order valence-electron chi connectivity index (χ1n) is 6.62. The normalized spacial score (nSPS) is 13.5. The second kappa shape index (κ2) is 6.50. The maximum atomic E-state index is 5.95. The molecule has 0 spiro atoms. The highest BCUT2D eigenvalue weighted by Gasteiger charge is 2.19. The fourth-order valence-corrected chi connectivity index (χ4v) is 2.22. The van der Waals surface area contributed by atoms with Crippen molar-refractivity contribution in [2.24, 2.45) is 5.16 Å². The molecule has 0 heterocycles. The lowest BCUT2D eigenvalue weighted by Gasteiger charge is -2.19. The third-order valence-electron chi connectivity index (χ3n) is 2.18. The quantitative estimate of drug-likeness (QED) is 0.449. The zero-order chi connectivity index (χ0) is 14.5. The van der Waals surface area contributed by atoms with E-state index in [0.717, 1.165) is 11.3 Å². The maximum absolute atomic E-state index is 5.95. The molecule has 0 saturated carbocycles. The highest BCUT2D eigenvalue weighted by molar-refractivity contribution is 6.70. The summed E-state index contributed by atoms with van der Waals surface area (Å²) in [4.78, 5) is 0. The molecule has 0 bridgehead atoms. The molecule has 0 unspecified atom stereocenters. The lowest BCUT2D eigenvalue weighted by atomic mass is 10.1. The van der Waals surface area contributed by atoms with Gasteiger partial charge in [0.1, 0.15) is 5.71 Å². The molecule has 0 aliphatic carbocycles. The van der Waals surface area contributed by atoms with Gasteiger partial charge in [-0.25, -0.2) is 0 Å². The van der Waals surface area contributed by atoms with Crippen molar-refractivity contribution in [1.29, 1.82) is 0 Å². The van der Waals surface area contributed by atoms with Crippen LogP contribution >= 0.6 is 0 Å². The van der Waals surface area contributed by atoms with Crippen LogP contribution in [0.2, 0.25) is 39.3 Å². The summed E-state index contributed by atoms with van der Waals surface area (Å²) >= 11 is 0. The molecule has 0 saturated heterocycles. The molecule has 0 amide bonds. The van der Waals surface area contributed by atoms with Crippen LogP contribution in [0.15, 0.2) is 35.5 Å². The summed E-state index contributed by atoms with van der Waals surface area (Å²) in [6, 6.07) is 10.1. The second-order valence-corrected chi connectivity index (χ2v) is 15.4. The Hall–Kier alpha value is -0.916. The van der Waals surface area contributed by atoms with Gasteiger partial charge in [-0.3, -0.25) is 0 Å². The molecule has 1 aromatic rings. The molecule has 0 N–H and O–H groups in total. The van der Waals surface area contributed by atoms with Crippen molar-refractivity contribution in [3.63, 3.8) is 0 Å². The van der Waals surface area contributed by atoms with E-state index >= 15 is 0 Å². The minimum atomic E-state index is -1.66. The summed E-state index contributed by atoms with van der Waals surface area (Å²) in [5, 5.41) is 4.34. The first-order valence-corrected chi connectivity index (χ1v) is 13.4. The van der Waals surface area contributed by atoms with E-state index in [1.165, 1.54) is 0 Å². The molecular weight excluding hydrogens is 270 g/mol. The van der Waals surface area contributed by atoms with Gasteiger partial charge in [-0.2, -0.15) is 0 Å². The van der Waals surface area contributed by atoms with Crippen molar-refractivity contribution in [3.8, 4) is 0 Å². The lowest BCUT2D eigenvalue weighted by Crippen LogP contribution is -2.30. The van der Waals surface area contributed by atoms with Crippen LogP contribution in [-0.2, 0) is 8.95 Å². The summed E-state index contributed by atoms with van der Waals surface area (Å²) in [7, 11) is -3.21. The van der Waals surface area contributed by atoms with Gasteiger partial charge in [0.25, 0.3) is 8.32 Å². The average molecular weight is 296 g/mol. The predicted molar refractivity (Wildman–Crippen MR) is 86.7 cm³/mol. The van der Waals surface area contributed by atoms with Crippen molar-refractivity contribution in [3.05, 3.63) is 35.9 Å². The fourth-order valence-electron chi connectivity index (χ4n) is 1.27. The van der Waals surface area contributed by atoms with Crippen LogP contribution in [0.3, 0.4) is 0 Å². The molecule has 0 radical (unpaired) electrons. The molecule has 0 aromatic heterocycles. The molecule has 1 rings (SSSR count). The molecule has 0 aliphatic heterocycles. The third-order valence-corrected chi connectivity index (χ3v) is 3.83. The minimum absolute atomic E-state index is 0.518. The Morgan fingerprint density at radius 2 is 1.53 bits per heavy atom. The van der Waals surface area contributed by atoms with Crippen molar-refractivity contribution < 1.29 is 8.95 Å². The van der Waals surface area contributed by atoms with Gasteiger partial charge in [0.2, 0.25) is 0 Å². The average Bonchev–Trinajstić information content (AvgIpc) is 2.27. The molecule has 0 fully saturated rings. The van der Waals surface area contributed by atoms with E-state index in [1.807, 2.05) is 30.3 Å². The van der Waals surface area contributed by atoms with Crippen LogP contribution in [0.1, 0.15) is 5.56 Å². The van der Waals surface area contributed by atoms with Gasteiger partial charge in [-0.05, 0) is 39.3 Å². The Labute approximate surface area is 118 Å². The zero-order valence-corrected chi connectivity index (χ0v) is 14.9. The van der Waals surface area contributed by atoms with E-state index in [1.54, 1.807) is 0 Å². The Morgan fingerprint density at radius 1 is 0.947 bits per heavy atom. The van der Waals surface area contributed by atoms with Crippen molar-refractivity contribution in [1.82, 2.24) is 0 Å². The number of oxime groups is 1. The van der Waals surface area contributed by atoms with Gasteiger partial charge >= 0.3 is 0 Å². The molecule has 106 valence electrons. The van der Waals surface area contributed by atoms with Crippen LogP contribution in [0.4, 0.5) is 0 Å². The topological polar surface area (TPSA) is 30.8 Å². The molecule has 0 aliphatic rings. The van der Waals surface area contributed by atoms with Gasteiger partial charge in [0.15, 0.2) is 8.32 Å². The third kappa shape index (κ3) is 7.29. The van der Waals surface area contributed by atoms with Gasteiger partial charge in [-0.15, -0.1) is 5.16 Å². The second-order valence-electron chi connectivity index (χ2n) is 6.51. The van der Waals surface area contributed by atoms with E-state index in [-0.39, 0.29) is 0 Å².